The maximum atomic E-state index is 13.0. The second-order valence-electron chi connectivity index (χ2n) is 7.49. The fourth-order valence-electron chi connectivity index (χ4n) is 3.80. The number of benzene rings is 2. The van der Waals surface area contributed by atoms with Crippen LogP contribution < -0.4 is 5.32 Å². The molecule has 1 aliphatic carbocycles. The molecule has 0 aromatic heterocycles. The van der Waals surface area contributed by atoms with Gasteiger partial charge in [-0.15, -0.1) is 0 Å². The van der Waals surface area contributed by atoms with Crippen LogP contribution in [0.15, 0.2) is 54.6 Å². The van der Waals surface area contributed by atoms with E-state index in [0.29, 0.717) is 19.6 Å². The third-order valence-corrected chi connectivity index (χ3v) is 5.50. The minimum absolute atomic E-state index is 0.00196. The van der Waals surface area contributed by atoms with E-state index in [1.165, 1.54) is 12.1 Å². The molecule has 0 unspecified atom stereocenters. The van der Waals surface area contributed by atoms with Crippen molar-refractivity contribution in [2.75, 3.05) is 13.1 Å². The van der Waals surface area contributed by atoms with Crippen molar-refractivity contribution in [3.63, 3.8) is 0 Å². The third kappa shape index (κ3) is 4.02. The molecule has 0 radical (unpaired) electrons. The summed E-state index contributed by atoms with van der Waals surface area (Å²) in [6.07, 6.45) is 1.93. The van der Waals surface area contributed by atoms with Gasteiger partial charge in [-0.3, -0.25) is 9.59 Å². The van der Waals surface area contributed by atoms with E-state index in [-0.39, 0.29) is 35.4 Å². The first-order valence-corrected chi connectivity index (χ1v) is 9.47. The van der Waals surface area contributed by atoms with Crippen molar-refractivity contribution in [3.8, 4) is 0 Å². The molecule has 1 aliphatic heterocycles. The van der Waals surface area contributed by atoms with Crippen LogP contribution in [0.3, 0.4) is 0 Å². The summed E-state index contributed by atoms with van der Waals surface area (Å²) in [4.78, 5) is 27.3. The van der Waals surface area contributed by atoms with Crippen molar-refractivity contribution in [1.29, 1.82) is 0 Å². The van der Waals surface area contributed by atoms with Crippen LogP contribution in [0.1, 0.15) is 29.9 Å². The highest BCUT2D eigenvalue weighted by molar-refractivity contribution is 5.85. The maximum absolute atomic E-state index is 13.0. The summed E-state index contributed by atoms with van der Waals surface area (Å²) in [7, 11) is 0. The molecule has 5 heteroatoms. The number of halogens is 1. The molecule has 2 atom stereocenters. The van der Waals surface area contributed by atoms with Crippen molar-refractivity contribution in [2.45, 2.75) is 25.3 Å². The Morgan fingerprint density at radius 3 is 2.37 bits per heavy atom. The van der Waals surface area contributed by atoms with Crippen LogP contribution in [0.4, 0.5) is 4.39 Å². The van der Waals surface area contributed by atoms with Crippen LogP contribution in [-0.4, -0.2) is 29.8 Å². The van der Waals surface area contributed by atoms with Crippen molar-refractivity contribution < 1.29 is 14.0 Å². The smallest absolute Gasteiger partial charge is 0.225 e. The van der Waals surface area contributed by atoms with E-state index in [1.54, 1.807) is 12.1 Å². The lowest BCUT2D eigenvalue weighted by Crippen LogP contribution is -2.35. The molecular weight excluding hydrogens is 343 g/mol. The van der Waals surface area contributed by atoms with Crippen molar-refractivity contribution in [3.05, 3.63) is 71.5 Å². The number of hydrogen-bond donors (Lipinski definition) is 1. The summed E-state index contributed by atoms with van der Waals surface area (Å²) >= 11 is 0. The number of carbonyl (C=O) groups is 2. The topological polar surface area (TPSA) is 49.4 Å². The molecular formula is C22H23FN2O2. The molecule has 2 fully saturated rings. The molecule has 0 spiro atoms. The molecule has 1 saturated heterocycles. The number of nitrogens with one attached hydrogen (secondary N) is 1. The van der Waals surface area contributed by atoms with Gasteiger partial charge < -0.3 is 10.2 Å². The number of rotatable bonds is 5. The predicted octanol–water partition coefficient (Wildman–Crippen LogP) is 3.09. The zero-order valence-corrected chi connectivity index (χ0v) is 15.1. The van der Waals surface area contributed by atoms with Crippen molar-refractivity contribution in [1.82, 2.24) is 10.2 Å². The summed E-state index contributed by atoms with van der Waals surface area (Å²) in [6.45, 7) is 1.41. The molecule has 2 aromatic carbocycles. The standard InChI is InChI=1S/C22H23FN2O2/c23-18-10-6-15(7-11-18)12-24-21(26)20-14-25(22(27)17-8-9-17)13-19(20)16-4-2-1-3-5-16/h1-7,10-11,17,19-20H,8-9,12-14H2,(H,24,26)/t19-,20+/m1/s1. The van der Waals surface area contributed by atoms with E-state index in [0.717, 1.165) is 24.0 Å². The van der Waals surface area contributed by atoms with Gasteiger partial charge in [0.2, 0.25) is 11.8 Å². The predicted molar refractivity (Wildman–Crippen MR) is 100 cm³/mol. The molecule has 2 amide bonds. The molecule has 1 N–H and O–H groups in total. The first kappa shape index (κ1) is 17.7. The Hall–Kier alpha value is -2.69. The van der Waals surface area contributed by atoms with Gasteiger partial charge >= 0.3 is 0 Å². The van der Waals surface area contributed by atoms with Gasteiger partial charge in [-0.05, 0) is 36.1 Å². The van der Waals surface area contributed by atoms with E-state index in [9.17, 15) is 14.0 Å². The van der Waals surface area contributed by atoms with Crippen LogP contribution >= 0.6 is 0 Å². The second kappa shape index (κ2) is 7.51. The monoisotopic (exact) mass is 366 g/mol. The normalized spacial score (nSPS) is 21.9. The van der Waals surface area contributed by atoms with Crippen molar-refractivity contribution in [2.24, 2.45) is 11.8 Å². The Bertz CT molecular complexity index is 818. The molecule has 4 rings (SSSR count). The third-order valence-electron chi connectivity index (χ3n) is 5.50. The average molecular weight is 366 g/mol. The fourth-order valence-corrected chi connectivity index (χ4v) is 3.80. The van der Waals surface area contributed by atoms with Crippen molar-refractivity contribution >= 4 is 11.8 Å². The largest absolute Gasteiger partial charge is 0.352 e. The van der Waals surface area contributed by atoms with Crippen LogP contribution in [0.2, 0.25) is 0 Å². The summed E-state index contributed by atoms with van der Waals surface area (Å²) in [5, 5.41) is 2.97. The first-order chi connectivity index (χ1) is 13.1. The Labute approximate surface area is 158 Å². The van der Waals surface area contributed by atoms with E-state index >= 15 is 0 Å². The van der Waals surface area contributed by atoms with Crippen LogP contribution in [0.5, 0.6) is 0 Å². The minimum Gasteiger partial charge on any atom is -0.352 e. The average Bonchev–Trinajstić information content (AvgIpc) is 3.45. The molecule has 2 aliphatic rings. The summed E-state index contributed by atoms with van der Waals surface area (Å²) in [5.74, 6) is -0.275. The highest BCUT2D eigenvalue weighted by Crippen LogP contribution is 2.37. The van der Waals surface area contributed by atoms with Gasteiger partial charge in [0.05, 0.1) is 5.92 Å². The minimum atomic E-state index is -0.292. The number of hydrogen-bond acceptors (Lipinski definition) is 2. The number of amides is 2. The lowest BCUT2D eigenvalue weighted by molar-refractivity contribution is -0.132. The lowest BCUT2D eigenvalue weighted by Gasteiger charge is -2.18. The zero-order chi connectivity index (χ0) is 18.8. The fraction of sp³-hybridized carbons (Fsp3) is 0.364. The Balaban J connectivity index is 1.47. The maximum Gasteiger partial charge on any atom is 0.225 e. The van der Waals surface area contributed by atoms with E-state index in [4.69, 9.17) is 0 Å². The van der Waals surface area contributed by atoms with Gasteiger partial charge in [0.1, 0.15) is 5.82 Å². The van der Waals surface area contributed by atoms with Gasteiger partial charge in [0, 0.05) is 31.5 Å². The first-order valence-electron chi connectivity index (χ1n) is 9.47. The number of likely N-dealkylation sites (tertiary alicyclic amines) is 1. The van der Waals surface area contributed by atoms with E-state index in [1.807, 2.05) is 35.2 Å². The van der Waals surface area contributed by atoms with E-state index < -0.39 is 0 Å². The molecule has 140 valence electrons. The van der Waals surface area contributed by atoms with Gasteiger partial charge in [-0.25, -0.2) is 4.39 Å². The molecule has 1 saturated carbocycles. The lowest BCUT2D eigenvalue weighted by atomic mass is 9.88. The molecule has 2 aromatic rings. The summed E-state index contributed by atoms with van der Waals surface area (Å²) < 4.78 is 13.0. The SMILES string of the molecule is O=C(NCc1ccc(F)cc1)[C@H]1CN(C(=O)C2CC2)C[C@@H]1c1ccccc1. The van der Waals surface area contributed by atoms with E-state index in [2.05, 4.69) is 5.32 Å². The van der Waals surface area contributed by atoms with Crippen LogP contribution in [0.25, 0.3) is 0 Å². The Kier molecular flexibility index (Phi) is 4.92. The van der Waals surface area contributed by atoms with Gasteiger partial charge in [-0.1, -0.05) is 42.5 Å². The number of carbonyl (C=O) groups excluding carboxylic acids is 2. The van der Waals surface area contributed by atoms with Gasteiger partial charge in [0.25, 0.3) is 0 Å². The molecule has 27 heavy (non-hydrogen) atoms. The highest BCUT2D eigenvalue weighted by atomic mass is 19.1. The number of nitrogens with zero attached hydrogens (tertiary/aromatic N) is 1. The molecule has 0 bridgehead atoms. The Morgan fingerprint density at radius 1 is 1.00 bits per heavy atom. The van der Waals surface area contributed by atoms with Gasteiger partial charge in [-0.2, -0.15) is 0 Å². The quantitative estimate of drug-likeness (QED) is 0.884. The zero-order valence-electron chi connectivity index (χ0n) is 15.1. The second-order valence-corrected chi connectivity index (χ2v) is 7.49. The van der Waals surface area contributed by atoms with Gasteiger partial charge in [0.15, 0.2) is 0 Å². The molecule has 1 heterocycles. The van der Waals surface area contributed by atoms with Crippen LogP contribution in [-0.2, 0) is 16.1 Å². The van der Waals surface area contributed by atoms with Crippen LogP contribution in [0, 0.1) is 17.7 Å². The Morgan fingerprint density at radius 2 is 1.70 bits per heavy atom. The highest BCUT2D eigenvalue weighted by Gasteiger charge is 2.43. The molecule has 4 nitrogen and oxygen atoms in total. The summed E-state index contributed by atoms with van der Waals surface area (Å²) in [6, 6.07) is 16.0. The summed E-state index contributed by atoms with van der Waals surface area (Å²) in [5.41, 5.74) is 1.94.